The Hall–Kier alpha value is -1.86. The van der Waals surface area contributed by atoms with Crippen molar-refractivity contribution in [3.05, 3.63) is 23.8 Å². The quantitative estimate of drug-likeness (QED) is 0.111. The molecule has 286 valence electrons. The molecule has 4 unspecified atom stereocenters. The van der Waals surface area contributed by atoms with E-state index in [4.69, 9.17) is 24.7 Å². The average molecular weight is 738 g/mol. The molecular formula is C36H66Cl2N4O7. The third-order valence-corrected chi connectivity index (χ3v) is 8.98. The van der Waals surface area contributed by atoms with Gasteiger partial charge in [-0.2, -0.15) is 0 Å². The van der Waals surface area contributed by atoms with E-state index in [1.165, 1.54) is 0 Å². The van der Waals surface area contributed by atoms with Gasteiger partial charge in [-0.25, -0.2) is 0 Å². The molecule has 1 saturated heterocycles. The number of aliphatic hydroxyl groups is 1. The van der Waals surface area contributed by atoms with Crippen LogP contribution in [-0.2, 0) is 14.3 Å². The molecule has 1 aromatic rings. The van der Waals surface area contributed by atoms with Crippen molar-refractivity contribution in [2.24, 2.45) is 29.4 Å². The van der Waals surface area contributed by atoms with Crippen molar-refractivity contribution in [3.63, 3.8) is 0 Å². The number of unbranched alkanes of at least 4 members (excludes halogenated alkanes) is 2. The van der Waals surface area contributed by atoms with Crippen LogP contribution in [0.4, 0.5) is 0 Å². The molecule has 0 saturated carbocycles. The van der Waals surface area contributed by atoms with Gasteiger partial charge in [0, 0.05) is 64.5 Å². The van der Waals surface area contributed by atoms with Gasteiger partial charge in [-0.1, -0.05) is 41.0 Å². The third kappa shape index (κ3) is 18.3. The molecule has 49 heavy (non-hydrogen) atoms. The number of nitrogens with zero attached hydrogens (tertiary/aromatic N) is 1. The molecule has 0 bridgehead atoms. The second-order valence-corrected chi connectivity index (χ2v) is 13.4. The molecular weight excluding hydrogens is 671 g/mol. The van der Waals surface area contributed by atoms with Gasteiger partial charge in [-0.05, 0) is 62.0 Å². The molecule has 5 N–H and O–H groups in total. The number of carbonyl (C=O) groups excluding carboxylic acids is 2. The Kier molecular flexibility index (Phi) is 25.9. The fourth-order valence-corrected chi connectivity index (χ4v) is 5.60. The zero-order valence-corrected chi connectivity index (χ0v) is 32.4. The predicted molar refractivity (Wildman–Crippen MR) is 200 cm³/mol. The molecule has 4 atom stereocenters. The molecule has 0 radical (unpaired) electrons. The normalized spacial score (nSPS) is 15.8. The first-order valence-corrected chi connectivity index (χ1v) is 17.7. The van der Waals surface area contributed by atoms with Gasteiger partial charge in [0.1, 0.15) is 18.1 Å². The Balaban J connectivity index is 0.0000115. The fraction of sp³-hybridized carbons (Fsp3) is 0.778. The number of hydrogen-bond acceptors (Lipinski definition) is 9. The maximum Gasteiger partial charge on any atom is 0.255 e. The number of benzene rings is 1. The van der Waals surface area contributed by atoms with E-state index in [1.807, 2.05) is 19.9 Å². The van der Waals surface area contributed by atoms with E-state index >= 15 is 0 Å². The van der Waals surface area contributed by atoms with Crippen LogP contribution >= 0.6 is 24.8 Å². The summed E-state index contributed by atoms with van der Waals surface area (Å²) in [5, 5.41) is 17.1. The minimum absolute atomic E-state index is 0. The van der Waals surface area contributed by atoms with Gasteiger partial charge in [-0.3, -0.25) is 14.5 Å². The highest BCUT2D eigenvalue weighted by Crippen LogP contribution is 2.27. The lowest BCUT2D eigenvalue weighted by molar-refractivity contribution is -0.127. The van der Waals surface area contributed by atoms with Crippen LogP contribution in [0.5, 0.6) is 11.5 Å². The van der Waals surface area contributed by atoms with Crippen molar-refractivity contribution in [2.75, 3.05) is 72.9 Å². The SMILES string of the molecule is CCCCNC(=O)C(CC(O)C(N)CC(CNC(=O)c1ccc(OCCN2CCOCC2)cc1OCCCCOC)C(C)C)C(C)C.Cl.Cl. The number of rotatable bonds is 24. The monoisotopic (exact) mass is 736 g/mol. The van der Waals surface area contributed by atoms with E-state index in [1.54, 1.807) is 19.2 Å². The van der Waals surface area contributed by atoms with Crippen LogP contribution in [0.15, 0.2) is 18.2 Å². The second kappa shape index (κ2) is 26.9. The van der Waals surface area contributed by atoms with Gasteiger partial charge in [0.05, 0.1) is 31.5 Å². The smallest absolute Gasteiger partial charge is 0.255 e. The zero-order chi connectivity index (χ0) is 34.6. The Morgan fingerprint density at radius 1 is 0.959 bits per heavy atom. The third-order valence-electron chi connectivity index (χ3n) is 8.98. The number of nitrogens with two attached hydrogens (primary N) is 1. The van der Waals surface area contributed by atoms with Gasteiger partial charge < -0.3 is 40.4 Å². The largest absolute Gasteiger partial charge is 0.493 e. The summed E-state index contributed by atoms with van der Waals surface area (Å²) in [4.78, 5) is 28.6. The maximum absolute atomic E-state index is 13.5. The molecule has 2 amide bonds. The van der Waals surface area contributed by atoms with Crippen molar-refractivity contribution in [1.29, 1.82) is 0 Å². The summed E-state index contributed by atoms with van der Waals surface area (Å²) in [5.74, 6) is 0.874. The highest BCUT2D eigenvalue weighted by molar-refractivity contribution is 5.97. The van der Waals surface area contributed by atoms with Gasteiger partial charge in [0.15, 0.2) is 0 Å². The number of hydrogen-bond donors (Lipinski definition) is 4. The summed E-state index contributed by atoms with van der Waals surface area (Å²) in [7, 11) is 1.68. The van der Waals surface area contributed by atoms with E-state index in [9.17, 15) is 14.7 Å². The van der Waals surface area contributed by atoms with E-state index in [2.05, 4.69) is 36.3 Å². The predicted octanol–water partition coefficient (Wildman–Crippen LogP) is 4.71. The number of amides is 2. The van der Waals surface area contributed by atoms with Crippen LogP contribution in [0.2, 0.25) is 0 Å². The minimum atomic E-state index is -0.829. The van der Waals surface area contributed by atoms with Crippen molar-refractivity contribution in [2.45, 2.75) is 85.3 Å². The molecule has 1 fully saturated rings. The molecule has 0 aromatic heterocycles. The molecule has 2 rings (SSSR count). The zero-order valence-electron chi connectivity index (χ0n) is 30.7. The molecule has 0 aliphatic carbocycles. The number of aliphatic hydroxyl groups excluding tert-OH is 1. The molecule has 13 heteroatoms. The molecule has 1 aliphatic heterocycles. The summed E-state index contributed by atoms with van der Waals surface area (Å²) < 4.78 is 22.7. The highest BCUT2D eigenvalue weighted by Gasteiger charge is 2.30. The molecule has 0 spiro atoms. The van der Waals surface area contributed by atoms with Crippen molar-refractivity contribution < 1.29 is 33.6 Å². The number of morpholine rings is 1. The first-order valence-electron chi connectivity index (χ1n) is 17.7. The molecule has 1 heterocycles. The van der Waals surface area contributed by atoms with Gasteiger partial charge in [0.2, 0.25) is 5.91 Å². The fourth-order valence-electron chi connectivity index (χ4n) is 5.60. The summed E-state index contributed by atoms with van der Waals surface area (Å²) in [6.45, 7) is 17.0. The summed E-state index contributed by atoms with van der Waals surface area (Å²) in [6, 6.07) is 4.83. The Morgan fingerprint density at radius 3 is 2.29 bits per heavy atom. The average Bonchev–Trinajstić information content (AvgIpc) is 3.05. The lowest BCUT2D eigenvalue weighted by Crippen LogP contribution is -2.44. The summed E-state index contributed by atoms with van der Waals surface area (Å²) in [5.41, 5.74) is 6.96. The van der Waals surface area contributed by atoms with E-state index in [-0.39, 0.29) is 60.3 Å². The number of nitrogens with one attached hydrogen (secondary N) is 2. The first-order chi connectivity index (χ1) is 22.6. The summed E-state index contributed by atoms with van der Waals surface area (Å²) >= 11 is 0. The molecule has 1 aromatic carbocycles. The van der Waals surface area contributed by atoms with Crippen molar-refractivity contribution in [3.8, 4) is 11.5 Å². The Bertz CT molecular complexity index is 1030. The van der Waals surface area contributed by atoms with Gasteiger partial charge in [0.25, 0.3) is 5.91 Å². The highest BCUT2D eigenvalue weighted by atomic mass is 35.5. The Morgan fingerprint density at radius 2 is 1.65 bits per heavy atom. The van der Waals surface area contributed by atoms with Crippen LogP contribution in [0, 0.1) is 23.7 Å². The lowest BCUT2D eigenvalue weighted by atomic mass is 9.83. The number of ether oxygens (including phenoxy) is 4. The van der Waals surface area contributed by atoms with E-state index in [0.29, 0.717) is 62.8 Å². The number of methoxy groups -OCH3 is 1. The number of halogens is 2. The first kappa shape index (κ1) is 47.1. The van der Waals surface area contributed by atoms with E-state index < -0.39 is 12.1 Å². The minimum Gasteiger partial charge on any atom is -0.493 e. The van der Waals surface area contributed by atoms with Gasteiger partial charge >= 0.3 is 0 Å². The van der Waals surface area contributed by atoms with Crippen LogP contribution < -0.4 is 25.8 Å². The van der Waals surface area contributed by atoms with E-state index in [0.717, 1.165) is 58.5 Å². The van der Waals surface area contributed by atoms with Crippen LogP contribution in [0.25, 0.3) is 0 Å². The van der Waals surface area contributed by atoms with Crippen molar-refractivity contribution >= 4 is 36.6 Å². The lowest BCUT2D eigenvalue weighted by Gasteiger charge is -2.30. The topological polar surface area (TPSA) is 145 Å². The standard InChI is InChI=1S/C36H64N4O7.2ClH/c1-7-8-13-38-36(43)31(27(4)5)24-33(41)32(37)22-28(26(2)3)25-39-35(42)30-12-11-29(23-34(30)47-18-10-9-17-44-6)46-21-16-40-14-19-45-20-15-40;;/h11-12,23,26-28,31-33,41H,7-10,13-22,24-25,37H2,1-6H3,(H,38,43)(H,39,42);2*1H. The van der Waals surface area contributed by atoms with Crippen LogP contribution in [0.3, 0.4) is 0 Å². The van der Waals surface area contributed by atoms with Crippen molar-refractivity contribution in [1.82, 2.24) is 15.5 Å². The second-order valence-electron chi connectivity index (χ2n) is 13.4. The van der Waals surface area contributed by atoms with Crippen LogP contribution in [0.1, 0.15) is 83.5 Å². The Labute approximate surface area is 307 Å². The van der Waals surface area contributed by atoms with Gasteiger partial charge in [-0.15, -0.1) is 24.8 Å². The molecule has 1 aliphatic rings. The summed E-state index contributed by atoms with van der Waals surface area (Å²) in [6.07, 6.45) is 3.58. The number of carbonyl (C=O) groups is 2. The maximum atomic E-state index is 13.5. The molecule has 11 nitrogen and oxygen atoms in total. The van der Waals surface area contributed by atoms with Crippen LogP contribution in [-0.4, -0.2) is 107 Å².